The number of nitrogens with zero attached hydrogens (tertiary/aromatic N) is 1. The van der Waals surface area contributed by atoms with E-state index >= 15 is 0 Å². The lowest BCUT2D eigenvalue weighted by molar-refractivity contribution is -0.127. The largest absolute Gasteiger partial charge is 0.358 e. The third-order valence-electron chi connectivity index (χ3n) is 3.69. The average molecular weight is 252 g/mol. The van der Waals surface area contributed by atoms with Gasteiger partial charge in [0.1, 0.15) is 0 Å². The second-order valence-corrected chi connectivity index (χ2v) is 5.04. The van der Waals surface area contributed by atoms with Crippen molar-refractivity contribution < 1.29 is 4.79 Å². The predicted molar refractivity (Wildman–Crippen MR) is 75.5 cm³/mol. The Morgan fingerprint density at radius 1 is 1.42 bits per heavy atom. The van der Waals surface area contributed by atoms with Crippen LogP contribution in [0, 0.1) is 18.3 Å². The summed E-state index contributed by atoms with van der Waals surface area (Å²) in [5.41, 5.74) is 2.31. The van der Waals surface area contributed by atoms with Gasteiger partial charge in [-0.05, 0) is 17.5 Å². The first-order valence-electron chi connectivity index (χ1n) is 6.57. The predicted octanol–water partition coefficient (Wildman–Crippen LogP) is 2.19. The normalized spacial score (nSPS) is 19.0. The van der Waals surface area contributed by atoms with E-state index in [0.717, 1.165) is 24.2 Å². The van der Waals surface area contributed by atoms with Crippen LogP contribution in [0.2, 0.25) is 0 Å². The molecule has 1 amide bonds. The number of benzene rings is 1. The Labute approximate surface area is 112 Å². The number of aromatic amines is 1. The van der Waals surface area contributed by atoms with Gasteiger partial charge in [-0.25, -0.2) is 0 Å². The molecule has 2 heterocycles. The molecule has 0 bridgehead atoms. The molecule has 3 heteroatoms. The molecule has 0 saturated carbocycles. The van der Waals surface area contributed by atoms with Crippen molar-refractivity contribution in [1.29, 1.82) is 0 Å². The molecule has 1 N–H and O–H groups in total. The van der Waals surface area contributed by atoms with Crippen LogP contribution >= 0.6 is 0 Å². The summed E-state index contributed by atoms with van der Waals surface area (Å²) >= 11 is 0. The van der Waals surface area contributed by atoms with Gasteiger partial charge in [0.2, 0.25) is 5.91 Å². The molecule has 1 aromatic carbocycles. The Morgan fingerprint density at radius 2 is 2.26 bits per heavy atom. The van der Waals surface area contributed by atoms with Gasteiger partial charge in [0, 0.05) is 43.1 Å². The van der Waals surface area contributed by atoms with E-state index in [-0.39, 0.29) is 11.8 Å². The number of carbonyl (C=O) groups excluding carboxylic acids is 1. The van der Waals surface area contributed by atoms with Gasteiger partial charge in [-0.1, -0.05) is 18.2 Å². The van der Waals surface area contributed by atoms with Crippen molar-refractivity contribution in [2.24, 2.45) is 5.92 Å². The van der Waals surface area contributed by atoms with Crippen molar-refractivity contribution in [1.82, 2.24) is 9.88 Å². The highest BCUT2D eigenvalue weighted by atomic mass is 16.2. The zero-order valence-electron chi connectivity index (χ0n) is 10.7. The van der Waals surface area contributed by atoms with Crippen LogP contribution in [0.4, 0.5) is 0 Å². The number of para-hydroxylation sites is 1. The number of hydrogen-bond acceptors (Lipinski definition) is 1. The van der Waals surface area contributed by atoms with E-state index < -0.39 is 0 Å². The van der Waals surface area contributed by atoms with Crippen molar-refractivity contribution in [2.75, 3.05) is 13.1 Å². The average Bonchev–Trinajstić information content (AvgIpc) is 2.99. The van der Waals surface area contributed by atoms with Gasteiger partial charge in [-0.2, -0.15) is 0 Å². The van der Waals surface area contributed by atoms with Gasteiger partial charge in [0.05, 0.1) is 0 Å². The minimum absolute atomic E-state index is 0.0928. The summed E-state index contributed by atoms with van der Waals surface area (Å²) in [7, 11) is 0. The van der Waals surface area contributed by atoms with Crippen molar-refractivity contribution in [3.05, 3.63) is 36.0 Å². The first kappa shape index (κ1) is 11.9. The second-order valence-electron chi connectivity index (χ2n) is 5.04. The zero-order chi connectivity index (χ0) is 13.2. The van der Waals surface area contributed by atoms with Gasteiger partial charge < -0.3 is 9.88 Å². The van der Waals surface area contributed by atoms with Crippen LogP contribution in [0.25, 0.3) is 10.9 Å². The van der Waals surface area contributed by atoms with Gasteiger partial charge in [-0.15, -0.1) is 12.3 Å². The Balaban J connectivity index is 1.66. The molecule has 96 valence electrons. The number of hydrogen-bond donors (Lipinski definition) is 1. The Bertz CT molecular complexity index is 617. The molecule has 3 nitrogen and oxygen atoms in total. The molecule has 0 spiro atoms. The van der Waals surface area contributed by atoms with Crippen LogP contribution in [0.15, 0.2) is 30.3 Å². The Hall–Kier alpha value is -2.21. The van der Waals surface area contributed by atoms with Crippen molar-refractivity contribution >= 4 is 16.8 Å². The third kappa shape index (κ3) is 2.34. The Morgan fingerprint density at radius 3 is 3.00 bits per heavy atom. The molecule has 0 aliphatic carbocycles. The van der Waals surface area contributed by atoms with E-state index in [1.165, 1.54) is 5.39 Å². The van der Waals surface area contributed by atoms with Crippen LogP contribution in [-0.2, 0) is 11.2 Å². The van der Waals surface area contributed by atoms with Crippen LogP contribution in [0.3, 0.4) is 0 Å². The third-order valence-corrected chi connectivity index (χ3v) is 3.69. The monoisotopic (exact) mass is 252 g/mol. The SMILES string of the molecule is C#CC1CC(=O)N(CCc2cc3ccccc3[nH]2)C1. The molecule has 19 heavy (non-hydrogen) atoms. The minimum Gasteiger partial charge on any atom is -0.358 e. The molecule has 1 atom stereocenters. The number of H-pyrrole nitrogens is 1. The molecular weight excluding hydrogens is 236 g/mol. The van der Waals surface area contributed by atoms with Gasteiger partial charge in [-0.3, -0.25) is 4.79 Å². The molecular formula is C16H16N2O. The van der Waals surface area contributed by atoms with E-state index in [2.05, 4.69) is 29.1 Å². The number of likely N-dealkylation sites (tertiary alicyclic amines) is 1. The molecule has 1 unspecified atom stereocenters. The maximum absolute atomic E-state index is 11.8. The molecule has 1 aliphatic rings. The van der Waals surface area contributed by atoms with E-state index in [1.807, 2.05) is 17.0 Å². The highest BCUT2D eigenvalue weighted by molar-refractivity contribution is 5.80. The van der Waals surface area contributed by atoms with Crippen LogP contribution < -0.4 is 0 Å². The lowest BCUT2D eigenvalue weighted by Gasteiger charge is -2.14. The number of terminal acetylenes is 1. The fourth-order valence-electron chi connectivity index (χ4n) is 2.62. The van der Waals surface area contributed by atoms with E-state index in [0.29, 0.717) is 13.0 Å². The van der Waals surface area contributed by atoms with Gasteiger partial charge >= 0.3 is 0 Å². The summed E-state index contributed by atoms with van der Waals surface area (Å²) in [6.07, 6.45) is 6.73. The number of carbonyl (C=O) groups is 1. The summed E-state index contributed by atoms with van der Waals surface area (Å²) < 4.78 is 0. The van der Waals surface area contributed by atoms with Gasteiger partial charge in [0.25, 0.3) is 0 Å². The van der Waals surface area contributed by atoms with Crippen LogP contribution in [-0.4, -0.2) is 28.9 Å². The minimum atomic E-state index is 0.0928. The standard InChI is InChI=1S/C16H16N2O/c1-2-12-9-16(19)18(11-12)8-7-14-10-13-5-3-4-6-15(13)17-14/h1,3-6,10,12,17H,7-9,11H2. The second kappa shape index (κ2) is 4.81. The molecule has 1 saturated heterocycles. The molecule has 3 rings (SSSR count). The number of aromatic nitrogens is 1. The molecule has 1 aliphatic heterocycles. The molecule has 0 radical (unpaired) electrons. The number of rotatable bonds is 3. The van der Waals surface area contributed by atoms with E-state index in [1.54, 1.807) is 0 Å². The van der Waals surface area contributed by atoms with Crippen LogP contribution in [0.5, 0.6) is 0 Å². The van der Waals surface area contributed by atoms with Crippen LogP contribution in [0.1, 0.15) is 12.1 Å². The molecule has 1 aromatic heterocycles. The summed E-state index contributed by atoms with van der Waals surface area (Å²) in [6.45, 7) is 1.44. The molecule has 1 fully saturated rings. The highest BCUT2D eigenvalue weighted by Gasteiger charge is 2.27. The number of nitrogens with one attached hydrogen (secondary N) is 1. The first-order valence-corrected chi connectivity index (χ1v) is 6.57. The van der Waals surface area contributed by atoms with Gasteiger partial charge in [0.15, 0.2) is 0 Å². The Kier molecular flexibility index (Phi) is 3.00. The fourth-order valence-corrected chi connectivity index (χ4v) is 2.62. The fraction of sp³-hybridized carbons (Fsp3) is 0.312. The van der Waals surface area contributed by atoms with Crippen molar-refractivity contribution in [3.63, 3.8) is 0 Å². The maximum atomic E-state index is 11.8. The van der Waals surface area contributed by atoms with E-state index in [4.69, 9.17) is 6.42 Å². The topological polar surface area (TPSA) is 36.1 Å². The number of amides is 1. The lowest BCUT2D eigenvalue weighted by Crippen LogP contribution is -2.27. The maximum Gasteiger partial charge on any atom is 0.223 e. The van der Waals surface area contributed by atoms with Crippen molar-refractivity contribution in [2.45, 2.75) is 12.8 Å². The zero-order valence-corrected chi connectivity index (χ0v) is 10.7. The molecule has 2 aromatic rings. The summed E-state index contributed by atoms with van der Waals surface area (Å²) in [4.78, 5) is 17.0. The van der Waals surface area contributed by atoms with E-state index in [9.17, 15) is 4.79 Å². The lowest BCUT2D eigenvalue weighted by atomic mass is 10.1. The quantitative estimate of drug-likeness (QED) is 0.835. The highest BCUT2D eigenvalue weighted by Crippen LogP contribution is 2.19. The first-order chi connectivity index (χ1) is 9.26. The summed E-state index contributed by atoms with van der Waals surface area (Å²) in [6, 6.07) is 10.3. The summed E-state index contributed by atoms with van der Waals surface area (Å²) in [5, 5.41) is 1.21. The smallest absolute Gasteiger partial charge is 0.223 e. The number of fused-ring (bicyclic) bond motifs is 1. The summed E-state index contributed by atoms with van der Waals surface area (Å²) in [5.74, 6) is 2.95. The van der Waals surface area contributed by atoms with Crippen molar-refractivity contribution in [3.8, 4) is 12.3 Å².